The van der Waals surface area contributed by atoms with Gasteiger partial charge >= 0.3 is 0 Å². The third-order valence-electron chi connectivity index (χ3n) is 6.56. The number of sulfonamides is 1. The van der Waals surface area contributed by atoms with Crippen LogP contribution in [-0.2, 0) is 26.2 Å². The minimum atomic E-state index is -4.19. The van der Waals surface area contributed by atoms with E-state index in [2.05, 4.69) is 21.2 Å². The second-order valence-corrected chi connectivity index (χ2v) is 13.0. The number of hydrogen-bond donors (Lipinski definition) is 1. The first-order valence-corrected chi connectivity index (χ1v) is 15.7. The molecule has 0 saturated heterocycles. The number of carbonyl (C=O) groups is 2. The summed E-state index contributed by atoms with van der Waals surface area (Å²) in [5, 5.41) is 2.91. The maximum Gasteiger partial charge on any atom is 0.264 e. The Morgan fingerprint density at radius 1 is 0.976 bits per heavy atom. The summed E-state index contributed by atoms with van der Waals surface area (Å²) in [6.45, 7) is 9.07. The maximum atomic E-state index is 14.1. The number of carbonyl (C=O) groups excluding carboxylic acids is 2. The zero-order valence-electron chi connectivity index (χ0n) is 24.3. The lowest BCUT2D eigenvalue weighted by Crippen LogP contribution is -2.53. The Kier molecular flexibility index (Phi) is 11.0. The summed E-state index contributed by atoms with van der Waals surface area (Å²) < 4.78 is 35.0. The molecule has 0 spiro atoms. The van der Waals surface area contributed by atoms with Gasteiger partial charge in [-0.15, -0.1) is 0 Å². The molecule has 41 heavy (non-hydrogen) atoms. The second kappa shape index (κ2) is 14.0. The van der Waals surface area contributed by atoms with Gasteiger partial charge in [-0.2, -0.15) is 0 Å². The number of hydrogen-bond acceptors (Lipinski definition) is 5. The molecule has 3 rings (SSSR count). The van der Waals surface area contributed by atoms with Crippen LogP contribution >= 0.6 is 15.9 Å². The number of ether oxygens (including phenoxy) is 1. The van der Waals surface area contributed by atoms with Crippen LogP contribution in [0.2, 0.25) is 0 Å². The van der Waals surface area contributed by atoms with E-state index in [0.29, 0.717) is 22.3 Å². The molecule has 0 fully saturated rings. The van der Waals surface area contributed by atoms with E-state index in [0.717, 1.165) is 21.0 Å². The van der Waals surface area contributed by atoms with Gasteiger partial charge < -0.3 is 15.0 Å². The monoisotopic (exact) mass is 643 g/mol. The Bertz CT molecular complexity index is 1480. The average molecular weight is 645 g/mol. The fourth-order valence-corrected chi connectivity index (χ4v) is 6.62. The Hall–Kier alpha value is -3.37. The van der Waals surface area contributed by atoms with Crippen molar-refractivity contribution in [3.8, 4) is 5.75 Å². The largest absolute Gasteiger partial charge is 0.496 e. The first-order valence-electron chi connectivity index (χ1n) is 13.5. The van der Waals surface area contributed by atoms with Crippen molar-refractivity contribution in [3.05, 3.63) is 87.9 Å². The minimum Gasteiger partial charge on any atom is -0.496 e. The summed E-state index contributed by atoms with van der Waals surface area (Å²) in [4.78, 5) is 28.8. The van der Waals surface area contributed by atoms with Crippen LogP contribution in [0.15, 0.2) is 76.1 Å². The first kappa shape index (κ1) is 32.1. The first-order chi connectivity index (χ1) is 19.4. The van der Waals surface area contributed by atoms with Gasteiger partial charge in [-0.05, 0) is 85.9 Å². The summed E-state index contributed by atoms with van der Waals surface area (Å²) in [5.41, 5.74) is 3.15. The van der Waals surface area contributed by atoms with Crippen molar-refractivity contribution in [3.63, 3.8) is 0 Å². The van der Waals surface area contributed by atoms with Gasteiger partial charge in [0.05, 0.1) is 22.2 Å². The number of benzene rings is 3. The quantitative estimate of drug-likeness (QED) is 0.277. The Balaban J connectivity index is 2.09. The van der Waals surface area contributed by atoms with Crippen LogP contribution in [0.25, 0.3) is 0 Å². The van der Waals surface area contributed by atoms with Crippen LogP contribution < -0.4 is 14.4 Å². The molecule has 3 aromatic carbocycles. The molecule has 0 heterocycles. The van der Waals surface area contributed by atoms with Gasteiger partial charge in [0.1, 0.15) is 18.3 Å². The molecule has 0 aliphatic heterocycles. The highest BCUT2D eigenvalue weighted by Gasteiger charge is 2.34. The predicted octanol–water partition coefficient (Wildman–Crippen LogP) is 5.60. The molecule has 0 bridgehead atoms. The molecule has 8 nitrogen and oxygen atoms in total. The highest BCUT2D eigenvalue weighted by molar-refractivity contribution is 9.10. The van der Waals surface area contributed by atoms with Gasteiger partial charge in [-0.25, -0.2) is 8.42 Å². The normalized spacial score (nSPS) is 12.1. The van der Waals surface area contributed by atoms with Crippen molar-refractivity contribution in [2.45, 2.75) is 64.6 Å². The molecule has 0 saturated carbocycles. The van der Waals surface area contributed by atoms with E-state index >= 15 is 0 Å². The highest BCUT2D eigenvalue weighted by atomic mass is 79.9. The topological polar surface area (TPSA) is 96.0 Å². The average Bonchev–Trinajstić information content (AvgIpc) is 2.91. The van der Waals surface area contributed by atoms with Crippen LogP contribution in [0.4, 0.5) is 5.69 Å². The molecule has 1 N–H and O–H groups in total. The van der Waals surface area contributed by atoms with E-state index in [1.807, 2.05) is 58.9 Å². The van der Waals surface area contributed by atoms with Crippen molar-refractivity contribution in [1.29, 1.82) is 0 Å². The number of rotatable bonds is 12. The summed E-state index contributed by atoms with van der Waals surface area (Å²) in [6, 6.07) is 18.2. The van der Waals surface area contributed by atoms with Crippen LogP contribution in [0, 0.1) is 13.8 Å². The van der Waals surface area contributed by atoms with E-state index in [1.165, 1.54) is 24.1 Å². The maximum absolute atomic E-state index is 14.1. The standard InChI is InChI=1S/C31H38BrN3O5S/c1-7-28(31(37)33-21(2)3)34(19-24-10-8-9-23(5)17-24)30(36)20-35(25-13-11-22(4)12-14-25)41(38,39)26-15-16-29(40-6)27(32)18-26/h8-18,21,28H,7,19-20H2,1-6H3,(H,33,37)/t28-/m1/s1. The molecule has 0 unspecified atom stereocenters. The lowest BCUT2D eigenvalue weighted by Gasteiger charge is -2.33. The lowest BCUT2D eigenvalue weighted by atomic mass is 10.1. The summed E-state index contributed by atoms with van der Waals surface area (Å²) >= 11 is 3.37. The molecule has 2 amide bonds. The number of nitrogens with one attached hydrogen (secondary N) is 1. The van der Waals surface area contributed by atoms with E-state index in [-0.39, 0.29) is 23.4 Å². The molecular formula is C31H38BrN3O5S. The minimum absolute atomic E-state index is 0.00613. The summed E-state index contributed by atoms with van der Waals surface area (Å²) in [5.74, 6) is -0.297. The number of amides is 2. The zero-order chi connectivity index (χ0) is 30.3. The number of anilines is 1. The lowest BCUT2D eigenvalue weighted by molar-refractivity contribution is -0.140. The van der Waals surface area contributed by atoms with Gasteiger partial charge in [0, 0.05) is 12.6 Å². The zero-order valence-corrected chi connectivity index (χ0v) is 26.8. The number of nitrogens with zero attached hydrogens (tertiary/aromatic N) is 2. The van der Waals surface area contributed by atoms with Crippen LogP contribution in [-0.4, -0.2) is 50.9 Å². The molecule has 220 valence electrons. The molecule has 0 aliphatic rings. The fraction of sp³-hybridized carbons (Fsp3) is 0.355. The molecule has 3 aromatic rings. The van der Waals surface area contributed by atoms with E-state index in [1.54, 1.807) is 30.3 Å². The van der Waals surface area contributed by atoms with Gasteiger partial charge in [0.25, 0.3) is 10.0 Å². The van der Waals surface area contributed by atoms with Gasteiger partial charge in [-0.3, -0.25) is 13.9 Å². The predicted molar refractivity (Wildman–Crippen MR) is 165 cm³/mol. The molecule has 0 aliphatic carbocycles. The van der Waals surface area contributed by atoms with E-state index < -0.39 is 28.5 Å². The van der Waals surface area contributed by atoms with Gasteiger partial charge in [0.2, 0.25) is 11.8 Å². The highest BCUT2D eigenvalue weighted by Crippen LogP contribution is 2.31. The van der Waals surface area contributed by atoms with Crippen LogP contribution in [0.5, 0.6) is 5.75 Å². The van der Waals surface area contributed by atoms with Crippen molar-refractivity contribution >= 4 is 43.5 Å². The summed E-state index contributed by atoms with van der Waals surface area (Å²) in [7, 11) is -2.70. The fourth-order valence-electron chi connectivity index (χ4n) is 4.48. The molecule has 0 aromatic heterocycles. The SMILES string of the molecule is CC[C@H](C(=O)NC(C)C)N(Cc1cccc(C)c1)C(=O)CN(c1ccc(C)cc1)S(=O)(=O)c1ccc(OC)c(Br)c1. The van der Waals surface area contributed by atoms with Crippen molar-refractivity contribution in [2.75, 3.05) is 18.0 Å². The van der Waals surface area contributed by atoms with Crippen LogP contribution in [0.1, 0.15) is 43.9 Å². The number of methoxy groups -OCH3 is 1. The molecular weight excluding hydrogens is 606 g/mol. The summed E-state index contributed by atoms with van der Waals surface area (Å²) in [6.07, 6.45) is 0.360. The van der Waals surface area contributed by atoms with Gasteiger partial charge in [-0.1, -0.05) is 54.4 Å². The second-order valence-electron chi connectivity index (χ2n) is 10.2. The third kappa shape index (κ3) is 8.10. The molecule has 0 radical (unpaired) electrons. The Labute approximate surface area is 251 Å². The number of aryl methyl sites for hydroxylation is 2. The van der Waals surface area contributed by atoms with Crippen molar-refractivity contribution in [2.24, 2.45) is 0 Å². The number of halogens is 1. The van der Waals surface area contributed by atoms with Crippen LogP contribution in [0.3, 0.4) is 0 Å². The smallest absolute Gasteiger partial charge is 0.264 e. The Morgan fingerprint density at radius 3 is 2.22 bits per heavy atom. The Morgan fingerprint density at radius 2 is 1.66 bits per heavy atom. The van der Waals surface area contributed by atoms with Crippen molar-refractivity contribution < 1.29 is 22.7 Å². The van der Waals surface area contributed by atoms with Gasteiger partial charge in [0.15, 0.2) is 0 Å². The molecule has 10 heteroatoms. The van der Waals surface area contributed by atoms with Crippen molar-refractivity contribution in [1.82, 2.24) is 10.2 Å². The van der Waals surface area contributed by atoms with E-state index in [4.69, 9.17) is 4.74 Å². The third-order valence-corrected chi connectivity index (χ3v) is 8.95. The molecule has 1 atom stereocenters. The van der Waals surface area contributed by atoms with E-state index in [9.17, 15) is 18.0 Å².